The van der Waals surface area contributed by atoms with E-state index in [1.807, 2.05) is 22.6 Å². The number of nitrogens with zero attached hydrogens (tertiary/aromatic N) is 1. The van der Waals surface area contributed by atoms with Crippen LogP contribution in [0.2, 0.25) is 5.02 Å². The quantitative estimate of drug-likeness (QED) is 0.233. The number of hydrogen-bond acceptors (Lipinski definition) is 4. The number of thiocarbonyl (C=S) groups is 1. The normalized spacial score (nSPS) is 16.2. The fraction of sp³-hybridized carbons (Fsp3) is 0. The van der Waals surface area contributed by atoms with Gasteiger partial charge in [-0.15, -0.1) is 0 Å². The number of nitrogens with one attached hydrogen (secondary N) is 1. The zero-order valence-corrected chi connectivity index (χ0v) is 18.7. The van der Waals surface area contributed by atoms with Gasteiger partial charge in [0.25, 0.3) is 11.8 Å². The SMILES string of the molecule is O=C1NC(=S)N(c2ccc(Cl)cc2)C(=O)/C1=C/c1cc(I)cc(I)c1O. The fourth-order valence-corrected chi connectivity index (χ4v) is 4.63. The molecule has 0 atom stereocenters. The highest BCUT2D eigenvalue weighted by Crippen LogP contribution is 2.30. The van der Waals surface area contributed by atoms with Gasteiger partial charge in [-0.25, -0.2) is 0 Å². The maximum Gasteiger partial charge on any atom is 0.270 e. The van der Waals surface area contributed by atoms with Crippen LogP contribution in [0.3, 0.4) is 0 Å². The zero-order chi connectivity index (χ0) is 19.0. The summed E-state index contributed by atoms with van der Waals surface area (Å²) in [5.74, 6) is -1.18. The molecule has 5 nitrogen and oxygen atoms in total. The lowest BCUT2D eigenvalue weighted by Gasteiger charge is -2.29. The highest BCUT2D eigenvalue weighted by molar-refractivity contribution is 14.1. The van der Waals surface area contributed by atoms with Crippen molar-refractivity contribution in [1.29, 1.82) is 0 Å². The first-order valence-corrected chi connectivity index (χ1v) is 10.1. The van der Waals surface area contributed by atoms with Gasteiger partial charge in [-0.05, 0) is 99.9 Å². The van der Waals surface area contributed by atoms with Crippen molar-refractivity contribution in [2.45, 2.75) is 0 Å². The second kappa shape index (κ2) is 7.79. The Kier molecular flexibility index (Phi) is 5.85. The Balaban J connectivity index is 2.07. The minimum absolute atomic E-state index is 0.00492. The van der Waals surface area contributed by atoms with Gasteiger partial charge in [0.1, 0.15) is 11.3 Å². The number of carbonyl (C=O) groups excluding carboxylic acids is 2. The minimum atomic E-state index is -0.613. The molecule has 0 unspecified atom stereocenters. The predicted octanol–water partition coefficient (Wildman–Crippen LogP) is 4.09. The molecule has 2 aromatic rings. The molecule has 9 heteroatoms. The number of phenols is 1. The zero-order valence-electron chi connectivity index (χ0n) is 12.8. The van der Waals surface area contributed by atoms with Crippen molar-refractivity contribution in [1.82, 2.24) is 5.32 Å². The summed E-state index contributed by atoms with van der Waals surface area (Å²) in [5.41, 5.74) is 0.738. The van der Waals surface area contributed by atoms with Gasteiger partial charge < -0.3 is 5.11 Å². The predicted molar refractivity (Wildman–Crippen MR) is 121 cm³/mol. The number of rotatable bonds is 2. The van der Waals surface area contributed by atoms with Crippen molar-refractivity contribution in [3.05, 3.63) is 59.7 Å². The molecule has 1 aliphatic rings. The molecular weight excluding hydrogens is 602 g/mol. The monoisotopic (exact) mass is 610 g/mol. The summed E-state index contributed by atoms with van der Waals surface area (Å²) in [6.45, 7) is 0. The summed E-state index contributed by atoms with van der Waals surface area (Å²) in [7, 11) is 0. The number of phenolic OH excluding ortho intramolecular Hbond substituents is 1. The lowest BCUT2D eigenvalue weighted by molar-refractivity contribution is -0.122. The van der Waals surface area contributed by atoms with E-state index in [0.717, 1.165) is 3.57 Å². The fourth-order valence-electron chi connectivity index (χ4n) is 2.33. The van der Waals surface area contributed by atoms with E-state index in [1.54, 1.807) is 36.4 Å². The smallest absolute Gasteiger partial charge is 0.270 e. The van der Waals surface area contributed by atoms with Crippen LogP contribution in [0.25, 0.3) is 6.08 Å². The third-order valence-electron chi connectivity index (χ3n) is 3.54. The number of aromatic hydroxyl groups is 1. The number of hydrogen-bond donors (Lipinski definition) is 2. The lowest BCUT2D eigenvalue weighted by atomic mass is 10.1. The van der Waals surface area contributed by atoms with E-state index in [-0.39, 0.29) is 16.4 Å². The first-order chi connectivity index (χ1) is 12.3. The molecule has 2 amide bonds. The van der Waals surface area contributed by atoms with Gasteiger partial charge in [0.15, 0.2) is 5.11 Å². The molecule has 1 fully saturated rings. The van der Waals surface area contributed by atoms with E-state index in [4.69, 9.17) is 23.8 Å². The van der Waals surface area contributed by atoms with Gasteiger partial charge in [-0.2, -0.15) is 0 Å². The maximum absolute atomic E-state index is 12.9. The van der Waals surface area contributed by atoms with Gasteiger partial charge >= 0.3 is 0 Å². The number of benzene rings is 2. The molecule has 3 rings (SSSR count). The number of anilines is 1. The van der Waals surface area contributed by atoms with E-state index in [9.17, 15) is 14.7 Å². The summed E-state index contributed by atoms with van der Waals surface area (Å²) in [6, 6.07) is 9.99. The topological polar surface area (TPSA) is 69.6 Å². The average Bonchev–Trinajstić information content (AvgIpc) is 2.57. The van der Waals surface area contributed by atoms with Crippen LogP contribution in [-0.4, -0.2) is 22.0 Å². The largest absolute Gasteiger partial charge is 0.506 e. The molecular formula is C17H9ClI2N2O3S. The molecule has 0 radical (unpaired) electrons. The van der Waals surface area contributed by atoms with Gasteiger partial charge in [-0.3, -0.25) is 19.8 Å². The van der Waals surface area contributed by atoms with E-state index in [2.05, 4.69) is 27.9 Å². The van der Waals surface area contributed by atoms with Crippen molar-refractivity contribution in [3.63, 3.8) is 0 Å². The van der Waals surface area contributed by atoms with Crippen LogP contribution in [0.4, 0.5) is 5.69 Å². The van der Waals surface area contributed by atoms with Gasteiger partial charge in [-0.1, -0.05) is 11.6 Å². The maximum atomic E-state index is 12.9. The molecule has 26 heavy (non-hydrogen) atoms. The van der Waals surface area contributed by atoms with E-state index in [0.29, 0.717) is 19.8 Å². The first kappa shape index (κ1) is 19.5. The van der Waals surface area contributed by atoms with Crippen LogP contribution >= 0.6 is 69.0 Å². The third kappa shape index (κ3) is 3.87. The molecule has 1 aliphatic heterocycles. The molecule has 1 saturated heterocycles. The summed E-state index contributed by atoms with van der Waals surface area (Å²) in [6.07, 6.45) is 1.36. The summed E-state index contributed by atoms with van der Waals surface area (Å²) >= 11 is 15.1. The van der Waals surface area contributed by atoms with Gasteiger partial charge in [0.2, 0.25) is 0 Å². The van der Waals surface area contributed by atoms with Crippen LogP contribution < -0.4 is 10.2 Å². The Bertz CT molecular complexity index is 977. The van der Waals surface area contributed by atoms with Crippen LogP contribution in [0.1, 0.15) is 5.56 Å². The molecule has 132 valence electrons. The Morgan fingerprint density at radius 1 is 1.15 bits per heavy atom. The Hall–Kier alpha value is -1.24. The van der Waals surface area contributed by atoms with Crippen molar-refractivity contribution >= 4 is 97.7 Å². The summed E-state index contributed by atoms with van der Waals surface area (Å²) < 4.78 is 1.49. The Labute approximate surface area is 186 Å². The number of carbonyl (C=O) groups is 2. The van der Waals surface area contributed by atoms with Crippen molar-refractivity contribution in [2.75, 3.05) is 4.90 Å². The standard InChI is InChI=1S/C17H9ClI2N2O3S/c18-9-1-3-11(4-2-9)22-16(25)12(15(24)21-17(22)26)6-8-5-10(19)7-13(20)14(8)23/h1-7,23H,(H,21,24,26)/b12-6+. The van der Waals surface area contributed by atoms with Gasteiger partial charge in [0.05, 0.1) is 9.26 Å². The number of amides is 2. The lowest BCUT2D eigenvalue weighted by Crippen LogP contribution is -2.54. The van der Waals surface area contributed by atoms with Crippen LogP contribution in [0.5, 0.6) is 5.75 Å². The summed E-state index contributed by atoms with van der Waals surface area (Å²) in [4.78, 5) is 26.4. The average molecular weight is 611 g/mol. The highest BCUT2D eigenvalue weighted by atomic mass is 127. The van der Waals surface area contributed by atoms with E-state index < -0.39 is 11.8 Å². The molecule has 2 aromatic carbocycles. The molecule has 0 aromatic heterocycles. The second-order valence-electron chi connectivity index (χ2n) is 5.26. The van der Waals surface area contributed by atoms with E-state index >= 15 is 0 Å². The third-order valence-corrected chi connectivity index (χ3v) is 5.53. The van der Waals surface area contributed by atoms with Gasteiger partial charge in [0, 0.05) is 14.2 Å². The molecule has 2 N–H and O–H groups in total. The molecule has 0 aliphatic carbocycles. The van der Waals surface area contributed by atoms with Crippen LogP contribution in [0, 0.1) is 7.14 Å². The molecule has 0 saturated carbocycles. The molecule has 0 spiro atoms. The van der Waals surface area contributed by atoms with Crippen molar-refractivity contribution in [2.24, 2.45) is 0 Å². The second-order valence-corrected chi connectivity index (χ2v) is 8.49. The van der Waals surface area contributed by atoms with Crippen LogP contribution in [0.15, 0.2) is 42.0 Å². The Morgan fingerprint density at radius 2 is 1.81 bits per heavy atom. The number of halogens is 3. The molecule has 1 heterocycles. The first-order valence-electron chi connectivity index (χ1n) is 7.13. The highest BCUT2D eigenvalue weighted by Gasteiger charge is 2.34. The summed E-state index contributed by atoms with van der Waals surface area (Å²) in [5, 5.41) is 13.2. The van der Waals surface area contributed by atoms with Crippen molar-refractivity contribution < 1.29 is 14.7 Å². The van der Waals surface area contributed by atoms with Crippen LogP contribution in [-0.2, 0) is 9.59 Å². The van der Waals surface area contributed by atoms with E-state index in [1.165, 1.54) is 11.0 Å². The van der Waals surface area contributed by atoms with Crippen molar-refractivity contribution in [3.8, 4) is 5.75 Å². The minimum Gasteiger partial charge on any atom is -0.506 e. The Morgan fingerprint density at radius 3 is 2.46 bits per heavy atom. The molecule has 0 bridgehead atoms.